The summed E-state index contributed by atoms with van der Waals surface area (Å²) in [5.41, 5.74) is 1.20. The molecular weight excluding hydrogens is 300 g/mol. The highest BCUT2D eigenvalue weighted by Crippen LogP contribution is 2.25. The third-order valence-electron chi connectivity index (χ3n) is 2.71. The van der Waals surface area contributed by atoms with Crippen LogP contribution in [0.1, 0.15) is 40.9 Å². The summed E-state index contributed by atoms with van der Waals surface area (Å²) in [5, 5.41) is 19.2. The maximum atomic E-state index is 11.9. The van der Waals surface area contributed by atoms with Gasteiger partial charge in [0.2, 0.25) is 0 Å². The number of carboxylic acids is 1. The second kappa shape index (κ2) is 6.66. The lowest BCUT2D eigenvalue weighted by Gasteiger charge is -2.15. The van der Waals surface area contributed by atoms with Crippen LogP contribution in [0.25, 0.3) is 0 Å². The number of hydrogen-bond acceptors (Lipinski definition) is 3. The number of aliphatic hydroxyl groups is 1. The Hall–Kier alpha value is -1.20. The van der Waals surface area contributed by atoms with Gasteiger partial charge >= 0.3 is 5.97 Å². The topological polar surface area (TPSA) is 74.6 Å². The van der Waals surface area contributed by atoms with Crippen molar-refractivity contribution in [2.45, 2.75) is 25.9 Å². The molecule has 0 saturated heterocycles. The molecule has 1 rings (SSSR count). The molecule has 18 heavy (non-hydrogen) atoms. The summed E-state index contributed by atoms with van der Waals surface area (Å²) in [5.74, 6) is -1.51. The molecule has 0 radical (unpaired) electrons. The van der Waals surface area contributed by atoms with Gasteiger partial charge in [-0.3, -0.25) is 4.79 Å². The van der Waals surface area contributed by atoms with Crippen LogP contribution < -0.4 is 0 Å². The Morgan fingerprint density at radius 3 is 2.56 bits per heavy atom. The van der Waals surface area contributed by atoms with E-state index in [4.69, 9.17) is 5.11 Å². The number of alkyl halides is 1. The number of hydrogen-bond donors (Lipinski definition) is 2. The summed E-state index contributed by atoms with van der Waals surface area (Å²) in [6, 6.07) is 5.00. The number of carbonyl (C=O) groups excluding carboxylic acids is 1. The highest BCUT2D eigenvalue weighted by molar-refractivity contribution is 9.09. The zero-order valence-corrected chi connectivity index (χ0v) is 11.6. The Labute approximate surface area is 114 Å². The number of halogens is 1. The van der Waals surface area contributed by atoms with E-state index in [0.717, 1.165) is 0 Å². The van der Waals surface area contributed by atoms with Crippen LogP contribution in [-0.2, 0) is 11.2 Å². The number of aliphatic hydroxyl groups excluding tert-OH is 1. The van der Waals surface area contributed by atoms with Gasteiger partial charge in [-0.1, -0.05) is 41.1 Å². The first-order chi connectivity index (χ1) is 8.52. The van der Waals surface area contributed by atoms with Gasteiger partial charge in [0.1, 0.15) is 0 Å². The number of aryl methyl sites for hydroxylation is 1. The molecule has 0 aliphatic heterocycles. The average Bonchev–Trinajstić information content (AvgIpc) is 2.37. The maximum Gasteiger partial charge on any atom is 0.337 e. The maximum absolute atomic E-state index is 11.9. The average molecular weight is 315 g/mol. The van der Waals surface area contributed by atoms with Crippen LogP contribution in [0.4, 0.5) is 0 Å². The van der Waals surface area contributed by atoms with Gasteiger partial charge in [0.25, 0.3) is 0 Å². The Morgan fingerprint density at radius 2 is 2.06 bits per heavy atom. The summed E-state index contributed by atoms with van der Waals surface area (Å²) in [4.78, 5) is 22.9. The predicted octanol–water partition coefficient (Wildman–Crippen LogP) is 2.33. The molecule has 1 atom stereocenters. The summed E-state index contributed by atoms with van der Waals surface area (Å²) in [6.07, 6.45) is -0.822. The molecule has 0 aliphatic carbocycles. The highest BCUT2D eigenvalue weighted by atomic mass is 79.9. The van der Waals surface area contributed by atoms with Gasteiger partial charge in [0, 0.05) is 22.9 Å². The van der Waals surface area contributed by atoms with Crippen LogP contribution in [0.15, 0.2) is 18.2 Å². The van der Waals surface area contributed by atoms with Crippen LogP contribution in [-0.4, -0.2) is 27.3 Å². The fourth-order valence-corrected chi connectivity index (χ4v) is 2.19. The first-order valence-electron chi connectivity index (χ1n) is 5.64. The lowest BCUT2D eigenvalue weighted by molar-refractivity contribution is -0.147. The van der Waals surface area contributed by atoms with Gasteiger partial charge in [-0.15, -0.1) is 0 Å². The lowest BCUT2D eigenvalue weighted by atomic mass is 9.92. The van der Waals surface area contributed by atoms with E-state index < -0.39 is 12.1 Å². The molecule has 1 aromatic carbocycles. The zero-order valence-electron chi connectivity index (χ0n) is 10.0. The van der Waals surface area contributed by atoms with Crippen molar-refractivity contribution in [2.24, 2.45) is 0 Å². The molecule has 0 spiro atoms. The van der Waals surface area contributed by atoms with Gasteiger partial charge < -0.3 is 10.2 Å². The SMILES string of the molecule is CCc1cccc(C(=O)CCBr)c1C(O)C(=O)O. The molecule has 0 fully saturated rings. The molecule has 5 heteroatoms. The van der Waals surface area contributed by atoms with Gasteiger partial charge in [-0.25, -0.2) is 4.79 Å². The van der Waals surface area contributed by atoms with E-state index in [-0.39, 0.29) is 17.8 Å². The Bertz CT molecular complexity index is 456. The molecule has 0 heterocycles. The molecule has 1 aromatic rings. The third-order valence-corrected chi connectivity index (χ3v) is 3.10. The molecule has 2 N–H and O–H groups in total. The minimum atomic E-state index is -1.66. The van der Waals surface area contributed by atoms with Crippen LogP contribution in [0.3, 0.4) is 0 Å². The second-order valence-electron chi connectivity index (χ2n) is 3.83. The number of carboxylic acid groups (broad SMARTS) is 1. The van der Waals surface area contributed by atoms with Crippen molar-refractivity contribution >= 4 is 27.7 Å². The van der Waals surface area contributed by atoms with Crippen LogP contribution >= 0.6 is 15.9 Å². The first kappa shape index (κ1) is 14.9. The Kier molecular flexibility index (Phi) is 5.50. The number of rotatable bonds is 6. The standard InChI is InChI=1S/C13H15BrO4/c1-2-8-4-3-5-9(10(15)6-7-14)11(8)12(16)13(17)18/h3-5,12,16H,2,6-7H2,1H3,(H,17,18). The predicted molar refractivity (Wildman–Crippen MR) is 71.2 cm³/mol. The Balaban J connectivity index is 3.33. The van der Waals surface area contributed by atoms with Crippen molar-refractivity contribution in [3.05, 3.63) is 34.9 Å². The molecule has 0 aliphatic rings. The molecule has 0 amide bonds. The third kappa shape index (κ3) is 3.17. The number of aliphatic carboxylic acids is 1. The highest BCUT2D eigenvalue weighted by Gasteiger charge is 2.24. The van der Waals surface area contributed by atoms with Crippen molar-refractivity contribution in [2.75, 3.05) is 5.33 Å². The summed E-state index contributed by atoms with van der Waals surface area (Å²) in [7, 11) is 0. The first-order valence-corrected chi connectivity index (χ1v) is 6.76. The molecule has 0 aromatic heterocycles. The summed E-state index contributed by atoms with van der Waals surface area (Å²) < 4.78 is 0. The number of carbonyl (C=O) groups is 2. The summed E-state index contributed by atoms with van der Waals surface area (Å²) >= 11 is 3.17. The minimum absolute atomic E-state index is 0.169. The van der Waals surface area contributed by atoms with Crippen LogP contribution in [0.5, 0.6) is 0 Å². The van der Waals surface area contributed by atoms with Crippen molar-refractivity contribution in [1.82, 2.24) is 0 Å². The largest absolute Gasteiger partial charge is 0.479 e. The lowest BCUT2D eigenvalue weighted by Crippen LogP contribution is -2.17. The number of Topliss-reactive ketones (excluding diaryl/α,β-unsaturated/α-hetero) is 1. The normalized spacial score (nSPS) is 12.2. The van der Waals surface area contributed by atoms with Gasteiger partial charge in [-0.2, -0.15) is 0 Å². The van der Waals surface area contributed by atoms with Crippen LogP contribution in [0.2, 0.25) is 0 Å². The molecule has 0 bridgehead atoms. The van der Waals surface area contributed by atoms with Crippen molar-refractivity contribution < 1.29 is 19.8 Å². The van der Waals surface area contributed by atoms with Gasteiger partial charge in [-0.05, 0) is 12.0 Å². The smallest absolute Gasteiger partial charge is 0.337 e. The van der Waals surface area contributed by atoms with Gasteiger partial charge in [0.05, 0.1) is 0 Å². The van der Waals surface area contributed by atoms with E-state index in [1.807, 2.05) is 6.92 Å². The number of benzene rings is 1. The van der Waals surface area contributed by atoms with Crippen molar-refractivity contribution in [3.8, 4) is 0 Å². The van der Waals surface area contributed by atoms with E-state index in [9.17, 15) is 14.7 Å². The van der Waals surface area contributed by atoms with Gasteiger partial charge in [0.15, 0.2) is 11.9 Å². The second-order valence-corrected chi connectivity index (χ2v) is 4.63. The summed E-state index contributed by atoms with van der Waals surface area (Å²) in [6.45, 7) is 1.85. The van der Waals surface area contributed by atoms with E-state index >= 15 is 0 Å². The minimum Gasteiger partial charge on any atom is -0.479 e. The molecule has 4 nitrogen and oxygen atoms in total. The molecular formula is C13H15BrO4. The van der Waals surface area contributed by atoms with E-state index in [0.29, 0.717) is 22.9 Å². The van der Waals surface area contributed by atoms with Crippen LogP contribution in [0, 0.1) is 0 Å². The fraction of sp³-hybridized carbons (Fsp3) is 0.385. The Morgan fingerprint density at radius 1 is 1.39 bits per heavy atom. The molecule has 1 unspecified atom stereocenters. The molecule has 98 valence electrons. The zero-order chi connectivity index (χ0) is 13.7. The quantitative estimate of drug-likeness (QED) is 0.624. The fourth-order valence-electron chi connectivity index (χ4n) is 1.83. The van der Waals surface area contributed by atoms with Crippen molar-refractivity contribution in [1.29, 1.82) is 0 Å². The number of ketones is 1. The van der Waals surface area contributed by atoms with E-state index in [2.05, 4.69) is 15.9 Å². The van der Waals surface area contributed by atoms with E-state index in [1.165, 1.54) is 0 Å². The monoisotopic (exact) mass is 314 g/mol. The van der Waals surface area contributed by atoms with E-state index in [1.54, 1.807) is 18.2 Å². The van der Waals surface area contributed by atoms with Crippen molar-refractivity contribution in [3.63, 3.8) is 0 Å². The molecule has 0 saturated carbocycles.